The molecule has 294 valence electrons. The molecule has 0 saturated heterocycles. The van der Waals surface area contributed by atoms with E-state index in [0.29, 0.717) is 0 Å². The molecule has 0 spiro atoms. The molecule has 1 aliphatic heterocycles. The van der Waals surface area contributed by atoms with E-state index < -0.39 is 0 Å². The highest BCUT2D eigenvalue weighted by Gasteiger charge is 2.26. The van der Waals surface area contributed by atoms with Crippen LogP contribution in [0.15, 0.2) is 229 Å². The number of rotatable bonds is 3. The van der Waals surface area contributed by atoms with Crippen LogP contribution in [0.1, 0.15) is 0 Å². The van der Waals surface area contributed by atoms with Crippen LogP contribution in [0.2, 0.25) is 0 Å². The van der Waals surface area contributed by atoms with Crippen LogP contribution in [0.4, 0.5) is 17.1 Å². The van der Waals surface area contributed by atoms with Gasteiger partial charge in [0, 0.05) is 38.7 Å². The van der Waals surface area contributed by atoms with E-state index in [1.54, 1.807) is 0 Å². The third-order valence-corrected chi connectivity index (χ3v) is 12.9. The van der Waals surface area contributed by atoms with Crippen molar-refractivity contribution in [3.63, 3.8) is 0 Å². The molecular formula is C60H37NO2. The number of hydrogen-bond donors (Lipinski definition) is 0. The van der Waals surface area contributed by atoms with Gasteiger partial charge in [-0.25, -0.2) is 0 Å². The minimum absolute atomic E-state index is 0.805. The summed E-state index contributed by atoms with van der Waals surface area (Å²) < 4.78 is 14.1. The minimum atomic E-state index is 0.805. The summed E-state index contributed by atoms with van der Waals surface area (Å²) >= 11 is 0. The second-order valence-corrected chi connectivity index (χ2v) is 16.3. The maximum Gasteiger partial charge on any atom is 0.159 e. The number of hydrogen-bond acceptors (Lipinski definition) is 3. The summed E-state index contributed by atoms with van der Waals surface area (Å²) in [6, 6.07) is 80.5. The van der Waals surface area contributed by atoms with Crippen molar-refractivity contribution in [2.45, 2.75) is 0 Å². The zero-order chi connectivity index (χ0) is 41.4. The molecule has 0 radical (unpaired) electrons. The molecule has 0 fully saturated rings. The highest BCUT2D eigenvalue weighted by Crippen LogP contribution is 2.53. The summed E-state index contributed by atoms with van der Waals surface area (Å²) in [6.07, 6.45) is 0. The van der Waals surface area contributed by atoms with Crippen LogP contribution in [-0.2, 0) is 0 Å². The van der Waals surface area contributed by atoms with Crippen molar-refractivity contribution >= 4 is 92.9 Å². The van der Waals surface area contributed by atoms with Gasteiger partial charge in [-0.2, -0.15) is 0 Å². The molecule has 11 aromatic carbocycles. The van der Waals surface area contributed by atoms with Crippen molar-refractivity contribution in [2.75, 3.05) is 4.90 Å². The van der Waals surface area contributed by atoms with Gasteiger partial charge in [0.15, 0.2) is 5.75 Å². The van der Waals surface area contributed by atoms with E-state index in [1.807, 2.05) is 0 Å². The maximum absolute atomic E-state index is 7.12. The van der Waals surface area contributed by atoms with Crippen molar-refractivity contribution in [3.8, 4) is 33.8 Å². The van der Waals surface area contributed by atoms with E-state index in [1.165, 1.54) is 16.2 Å². The van der Waals surface area contributed by atoms with Crippen LogP contribution in [0.25, 0.3) is 98.1 Å². The highest BCUT2D eigenvalue weighted by atomic mass is 16.5. The minimum Gasteiger partial charge on any atom is -0.455 e. The zero-order valence-electron chi connectivity index (χ0n) is 34.1. The lowest BCUT2D eigenvalue weighted by molar-refractivity contribution is 0.489. The molecule has 3 nitrogen and oxygen atoms in total. The Kier molecular flexibility index (Phi) is 7.91. The molecule has 13 rings (SSSR count). The summed E-state index contributed by atoms with van der Waals surface area (Å²) in [4.78, 5) is 2.35. The van der Waals surface area contributed by atoms with Gasteiger partial charge in [-0.15, -0.1) is 0 Å². The molecule has 0 amide bonds. The summed E-state index contributed by atoms with van der Waals surface area (Å²) in [5.74, 6) is 1.63. The van der Waals surface area contributed by atoms with Gasteiger partial charge in [-0.1, -0.05) is 176 Å². The first-order valence-corrected chi connectivity index (χ1v) is 21.5. The smallest absolute Gasteiger partial charge is 0.159 e. The molecule has 3 heteroatoms. The molecule has 63 heavy (non-hydrogen) atoms. The van der Waals surface area contributed by atoms with Gasteiger partial charge in [0.2, 0.25) is 0 Å². The molecule has 2 heterocycles. The van der Waals surface area contributed by atoms with Crippen molar-refractivity contribution < 1.29 is 9.15 Å². The number of para-hydroxylation sites is 4. The lowest BCUT2D eigenvalue weighted by atomic mass is 9.93. The van der Waals surface area contributed by atoms with Gasteiger partial charge in [0.05, 0.1) is 5.69 Å². The summed E-state index contributed by atoms with van der Waals surface area (Å²) in [5.41, 5.74) is 9.12. The normalized spacial score (nSPS) is 11.9. The van der Waals surface area contributed by atoms with Crippen LogP contribution < -0.4 is 9.64 Å². The first-order valence-electron chi connectivity index (χ1n) is 21.5. The first-order chi connectivity index (χ1) is 31.3. The number of benzene rings is 10. The Morgan fingerprint density at radius 1 is 0.302 bits per heavy atom. The Labute approximate surface area is 363 Å². The highest BCUT2D eigenvalue weighted by molar-refractivity contribution is 6.31. The Morgan fingerprint density at radius 2 is 0.794 bits per heavy atom. The van der Waals surface area contributed by atoms with Crippen LogP contribution in [-0.4, -0.2) is 0 Å². The average Bonchev–Trinajstić information content (AvgIpc) is 3.66. The fraction of sp³-hybridized carbons (Fsp3) is 0. The summed E-state index contributed by atoms with van der Waals surface area (Å²) in [5, 5.41) is 13.6. The molecule has 12 aromatic rings. The number of ether oxygens (including phenoxy) is 1. The Balaban J connectivity index is 1.21. The lowest BCUT2D eigenvalue weighted by Gasteiger charge is -2.28. The second-order valence-electron chi connectivity index (χ2n) is 16.3. The Hall–Kier alpha value is -8.40. The van der Waals surface area contributed by atoms with Crippen molar-refractivity contribution in [1.29, 1.82) is 0 Å². The number of anilines is 3. The predicted molar refractivity (Wildman–Crippen MR) is 265 cm³/mol. The topological polar surface area (TPSA) is 25.6 Å². The van der Waals surface area contributed by atoms with E-state index in [0.717, 1.165) is 110 Å². The summed E-state index contributed by atoms with van der Waals surface area (Å²) in [6.45, 7) is 0. The molecule has 0 unspecified atom stereocenters. The molecule has 0 N–H and O–H groups in total. The average molecular weight is 804 g/mol. The maximum atomic E-state index is 7.12. The van der Waals surface area contributed by atoms with Crippen LogP contribution in [0.3, 0.4) is 0 Å². The SMILES string of the molecule is c1ccc(N(c2ccc3c4ccccc4c4ccccc4c4ccccc4c4c(ccc5c6ccccc6oc54)c3c2)c2cccc3c2Oc2ccccc2-c2ccccc2-3)cc1. The molecular weight excluding hydrogens is 767 g/mol. The van der Waals surface area contributed by atoms with Crippen molar-refractivity contribution in [1.82, 2.24) is 0 Å². The van der Waals surface area contributed by atoms with Gasteiger partial charge in [-0.3, -0.25) is 0 Å². The molecule has 0 bridgehead atoms. The monoisotopic (exact) mass is 803 g/mol. The molecule has 1 aromatic heterocycles. The lowest BCUT2D eigenvalue weighted by Crippen LogP contribution is -2.11. The van der Waals surface area contributed by atoms with Gasteiger partial charge in [0.25, 0.3) is 0 Å². The van der Waals surface area contributed by atoms with Gasteiger partial charge >= 0.3 is 0 Å². The van der Waals surface area contributed by atoms with Crippen LogP contribution in [0, 0.1) is 0 Å². The Morgan fingerprint density at radius 3 is 1.51 bits per heavy atom. The van der Waals surface area contributed by atoms with Crippen LogP contribution >= 0.6 is 0 Å². The Bertz CT molecular complexity index is 3900. The third-order valence-electron chi connectivity index (χ3n) is 12.9. The molecule has 0 saturated carbocycles. The van der Waals surface area contributed by atoms with E-state index in [2.05, 4.69) is 229 Å². The third kappa shape index (κ3) is 5.46. The van der Waals surface area contributed by atoms with E-state index in [4.69, 9.17) is 9.15 Å². The predicted octanol–water partition coefficient (Wildman–Crippen LogP) is 17.4. The van der Waals surface area contributed by atoms with Gasteiger partial charge in [0.1, 0.15) is 16.9 Å². The van der Waals surface area contributed by atoms with Crippen molar-refractivity contribution in [3.05, 3.63) is 224 Å². The number of nitrogens with zero attached hydrogens (tertiary/aromatic N) is 1. The van der Waals surface area contributed by atoms with E-state index >= 15 is 0 Å². The van der Waals surface area contributed by atoms with Crippen molar-refractivity contribution in [2.24, 2.45) is 0 Å². The molecule has 0 atom stereocenters. The molecule has 1 aliphatic rings. The zero-order valence-corrected chi connectivity index (χ0v) is 34.1. The van der Waals surface area contributed by atoms with Gasteiger partial charge < -0.3 is 14.1 Å². The number of fused-ring (bicyclic) bond motifs is 19. The molecule has 0 aliphatic carbocycles. The largest absolute Gasteiger partial charge is 0.455 e. The standard InChI is InChI=1S/C60H37NO2/c1-2-17-38(18-3-1)61(55-30-16-29-52-46-25-9-8-23-44(46)48-26-12-14-31-56(48)62-59(52)55)39-33-34-47-43-22-7-5-20-41(43)40-19-4-6-21-42(40)45-24-10-11-28-50(45)58-51(54(47)37-39)35-36-53-49-27-13-15-32-57(49)63-60(53)58/h1-37H. The second kappa shape index (κ2) is 14.1. The quantitative estimate of drug-likeness (QED) is 0.178. The van der Waals surface area contributed by atoms with E-state index in [-0.39, 0.29) is 0 Å². The first kappa shape index (κ1) is 35.4. The summed E-state index contributed by atoms with van der Waals surface area (Å²) in [7, 11) is 0. The van der Waals surface area contributed by atoms with Gasteiger partial charge in [-0.05, 0) is 108 Å². The van der Waals surface area contributed by atoms with E-state index in [9.17, 15) is 0 Å². The van der Waals surface area contributed by atoms with Crippen LogP contribution in [0.5, 0.6) is 11.5 Å². The fourth-order valence-electron chi connectivity index (χ4n) is 10.1. The number of furan rings is 1. The fourth-order valence-corrected chi connectivity index (χ4v) is 10.1.